The number of rotatable bonds is 1. The molecule has 6 aliphatic rings. The summed E-state index contributed by atoms with van der Waals surface area (Å²) >= 11 is 0. The highest BCUT2D eigenvalue weighted by molar-refractivity contribution is 5.72. The van der Waals surface area contributed by atoms with Gasteiger partial charge in [0.15, 0.2) is 0 Å². The molecule has 13 heavy (non-hydrogen) atoms. The minimum absolute atomic E-state index is 0.0602. The van der Waals surface area contributed by atoms with E-state index in [-0.39, 0.29) is 5.92 Å². The fraction of sp³-hybridized carbons (Fsp3) is 0.909. The Morgan fingerprint density at radius 3 is 2.00 bits per heavy atom. The number of fused-ring (bicyclic) bond motifs is 1. The van der Waals surface area contributed by atoms with Crippen LogP contribution < -0.4 is 0 Å². The first-order valence-electron chi connectivity index (χ1n) is 5.53. The molecule has 1 N–H and O–H groups in total. The summed E-state index contributed by atoms with van der Waals surface area (Å²) in [5.41, 5.74) is 0. The van der Waals surface area contributed by atoms with Crippen LogP contribution in [0.1, 0.15) is 6.42 Å². The molecule has 2 nitrogen and oxygen atoms in total. The summed E-state index contributed by atoms with van der Waals surface area (Å²) in [6, 6.07) is 0. The first-order chi connectivity index (χ1) is 6.30. The summed E-state index contributed by atoms with van der Waals surface area (Å²) in [5.74, 6) is 6.99. The average molecular weight is 176 g/mol. The lowest BCUT2D eigenvalue weighted by atomic mass is 9.10. The zero-order valence-corrected chi connectivity index (χ0v) is 7.26. The lowest BCUT2D eigenvalue weighted by Crippen LogP contribution is -2.91. The highest BCUT2D eigenvalue weighted by Gasteiger charge is 2.89. The van der Waals surface area contributed by atoms with Gasteiger partial charge in [0.1, 0.15) is 0 Å². The molecular formula is C11H12O2. The molecule has 0 radical (unpaired) electrons. The summed E-state index contributed by atoms with van der Waals surface area (Å²) in [4.78, 5) is 11.0. The Kier molecular flexibility index (Phi) is 0.630. The van der Waals surface area contributed by atoms with E-state index >= 15 is 0 Å². The van der Waals surface area contributed by atoms with Crippen LogP contribution in [0.25, 0.3) is 0 Å². The second kappa shape index (κ2) is 1.35. The number of aliphatic carboxylic acids is 1. The van der Waals surface area contributed by atoms with Crippen LogP contribution in [0.5, 0.6) is 0 Å². The molecule has 0 aromatic heterocycles. The molecule has 0 amide bonds. The van der Waals surface area contributed by atoms with E-state index in [9.17, 15) is 4.79 Å². The van der Waals surface area contributed by atoms with Crippen LogP contribution in [-0.4, -0.2) is 11.1 Å². The van der Waals surface area contributed by atoms with E-state index in [2.05, 4.69) is 0 Å². The van der Waals surface area contributed by atoms with Gasteiger partial charge in [-0.2, -0.15) is 0 Å². The third-order valence-corrected chi connectivity index (χ3v) is 6.30. The average Bonchev–Trinajstić information content (AvgIpc) is 2.02. The molecule has 0 aliphatic heterocycles. The van der Waals surface area contributed by atoms with E-state index in [0.29, 0.717) is 5.92 Å². The van der Waals surface area contributed by atoms with Crippen molar-refractivity contribution in [1.29, 1.82) is 0 Å². The van der Waals surface area contributed by atoms with Gasteiger partial charge in [-0.05, 0) is 53.8 Å². The molecule has 6 fully saturated rings. The molecule has 6 rings (SSSR count). The normalized spacial score (nSPS) is 78.3. The lowest BCUT2D eigenvalue weighted by Gasteiger charge is -2.93. The Bertz CT molecular complexity index is 326. The minimum Gasteiger partial charge on any atom is -0.481 e. The van der Waals surface area contributed by atoms with Gasteiger partial charge in [0.2, 0.25) is 0 Å². The molecule has 6 saturated carbocycles. The molecule has 2 bridgehead atoms. The van der Waals surface area contributed by atoms with Gasteiger partial charge in [0.25, 0.3) is 0 Å². The SMILES string of the molecule is O=C(O)C1CC2C3C4C1C1C2C3C41. The Hall–Kier alpha value is -0.530. The van der Waals surface area contributed by atoms with Gasteiger partial charge in [0.05, 0.1) is 5.92 Å². The molecule has 5 atom stereocenters. The van der Waals surface area contributed by atoms with E-state index in [1.165, 1.54) is 0 Å². The Morgan fingerprint density at radius 2 is 1.46 bits per heavy atom. The van der Waals surface area contributed by atoms with Crippen LogP contribution >= 0.6 is 0 Å². The van der Waals surface area contributed by atoms with Crippen LogP contribution in [0.3, 0.4) is 0 Å². The highest BCUT2D eigenvalue weighted by atomic mass is 16.4. The second-order valence-corrected chi connectivity index (χ2v) is 5.89. The van der Waals surface area contributed by atoms with Crippen LogP contribution in [0.2, 0.25) is 0 Å². The summed E-state index contributed by atoms with van der Waals surface area (Å²) in [6.45, 7) is 0. The van der Waals surface area contributed by atoms with E-state index in [4.69, 9.17) is 5.11 Å². The summed E-state index contributed by atoms with van der Waals surface area (Å²) in [6.07, 6.45) is 1.03. The van der Waals surface area contributed by atoms with Gasteiger partial charge < -0.3 is 5.11 Å². The molecule has 0 aromatic carbocycles. The molecule has 2 heteroatoms. The first-order valence-corrected chi connectivity index (χ1v) is 5.53. The van der Waals surface area contributed by atoms with Gasteiger partial charge in [-0.3, -0.25) is 4.79 Å². The maximum atomic E-state index is 11.0. The van der Waals surface area contributed by atoms with Crippen molar-refractivity contribution in [2.45, 2.75) is 6.42 Å². The monoisotopic (exact) mass is 176 g/mol. The molecule has 0 heterocycles. The second-order valence-electron chi connectivity index (χ2n) is 5.89. The summed E-state index contributed by atoms with van der Waals surface area (Å²) in [7, 11) is 0. The smallest absolute Gasteiger partial charge is 0.306 e. The molecule has 0 saturated heterocycles. The predicted octanol–water partition coefficient (Wildman–Crippen LogP) is 1.07. The Labute approximate surface area is 76.3 Å². The van der Waals surface area contributed by atoms with Crippen molar-refractivity contribution < 1.29 is 9.90 Å². The third kappa shape index (κ3) is 0.334. The minimum atomic E-state index is -0.499. The van der Waals surface area contributed by atoms with Crippen molar-refractivity contribution in [3.8, 4) is 0 Å². The van der Waals surface area contributed by atoms with E-state index in [0.717, 1.165) is 47.8 Å². The maximum Gasteiger partial charge on any atom is 0.306 e. The van der Waals surface area contributed by atoms with Crippen LogP contribution in [0.4, 0.5) is 0 Å². The number of hydrogen-bond donors (Lipinski definition) is 1. The van der Waals surface area contributed by atoms with Crippen molar-refractivity contribution in [3.63, 3.8) is 0 Å². The first kappa shape index (κ1) is 6.05. The molecule has 0 aromatic rings. The maximum absolute atomic E-state index is 11.0. The van der Waals surface area contributed by atoms with Crippen LogP contribution in [-0.2, 0) is 4.79 Å². The van der Waals surface area contributed by atoms with E-state index in [1.807, 2.05) is 0 Å². The topological polar surface area (TPSA) is 37.3 Å². The molecule has 0 spiro atoms. The van der Waals surface area contributed by atoms with E-state index < -0.39 is 5.97 Å². The standard InChI is InChI=1S/C11H12O2/c12-11(13)3-1-2-4-7-5(2)9-6(3)8(4)10(7)9/h2-10H,1H2,(H,12,13). The van der Waals surface area contributed by atoms with Gasteiger partial charge in [-0.1, -0.05) is 0 Å². The van der Waals surface area contributed by atoms with Crippen molar-refractivity contribution in [2.24, 2.45) is 53.3 Å². The third-order valence-electron chi connectivity index (χ3n) is 6.30. The fourth-order valence-corrected chi connectivity index (χ4v) is 6.23. The molecular weight excluding hydrogens is 164 g/mol. The van der Waals surface area contributed by atoms with Gasteiger partial charge in [0, 0.05) is 0 Å². The largest absolute Gasteiger partial charge is 0.481 e. The van der Waals surface area contributed by atoms with Crippen LogP contribution in [0.15, 0.2) is 0 Å². The van der Waals surface area contributed by atoms with Crippen molar-refractivity contribution in [2.75, 3.05) is 0 Å². The van der Waals surface area contributed by atoms with Gasteiger partial charge in [-0.15, -0.1) is 0 Å². The van der Waals surface area contributed by atoms with Gasteiger partial charge in [-0.25, -0.2) is 0 Å². The Balaban J connectivity index is 1.63. The number of hydrogen-bond acceptors (Lipinski definition) is 1. The van der Waals surface area contributed by atoms with Crippen molar-refractivity contribution >= 4 is 5.97 Å². The fourth-order valence-electron chi connectivity index (χ4n) is 6.23. The number of carbonyl (C=O) groups is 1. The number of carboxylic acid groups (broad SMARTS) is 1. The zero-order valence-electron chi connectivity index (χ0n) is 7.26. The molecule has 6 aliphatic carbocycles. The lowest BCUT2D eigenvalue weighted by molar-refractivity contribution is -0.469. The number of carboxylic acids is 1. The quantitative estimate of drug-likeness (QED) is 0.649. The van der Waals surface area contributed by atoms with E-state index in [1.54, 1.807) is 0 Å². The molecule has 68 valence electrons. The van der Waals surface area contributed by atoms with Gasteiger partial charge >= 0.3 is 5.97 Å². The zero-order chi connectivity index (χ0) is 8.48. The Morgan fingerprint density at radius 1 is 0.923 bits per heavy atom. The molecule has 5 unspecified atom stereocenters. The van der Waals surface area contributed by atoms with Crippen molar-refractivity contribution in [1.82, 2.24) is 0 Å². The summed E-state index contributed by atoms with van der Waals surface area (Å²) in [5, 5.41) is 9.11. The van der Waals surface area contributed by atoms with Crippen LogP contribution in [0, 0.1) is 53.3 Å². The summed E-state index contributed by atoms with van der Waals surface area (Å²) < 4.78 is 0. The predicted molar refractivity (Wildman–Crippen MR) is 43.7 cm³/mol. The highest BCUT2D eigenvalue weighted by Crippen LogP contribution is 2.92. The van der Waals surface area contributed by atoms with Crippen molar-refractivity contribution in [3.05, 3.63) is 0 Å².